The van der Waals surface area contributed by atoms with E-state index in [2.05, 4.69) is 10.3 Å². The van der Waals surface area contributed by atoms with Gasteiger partial charge in [-0.1, -0.05) is 11.6 Å². The summed E-state index contributed by atoms with van der Waals surface area (Å²) in [4.78, 5) is 4.30. The molecule has 1 fully saturated rings. The lowest BCUT2D eigenvalue weighted by Crippen LogP contribution is -2.27. The fraction of sp³-hybridized carbons (Fsp3) is 0.500. The maximum absolute atomic E-state index is 6.05. The van der Waals surface area contributed by atoms with Crippen LogP contribution in [-0.4, -0.2) is 32.3 Å². The van der Waals surface area contributed by atoms with Crippen molar-refractivity contribution in [2.24, 2.45) is 10.7 Å². The molecule has 2 rings (SSSR count). The molecule has 0 amide bonds. The predicted molar refractivity (Wildman–Crippen MR) is 81.7 cm³/mol. The van der Waals surface area contributed by atoms with Gasteiger partial charge >= 0.3 is 0 Å². The molecule has 20 heavy (non-hydrogen) atoms. The fourth-order valence-corrected chi connectivity index (χ4v) is 2.34. The van der Waals surface area contributed by atoms with Crippen molar-refractivity contribution in [1.82, 2.24) is 0 Å². The zero-order valence-electron chi connectivity index (χ0n) is 11.6. The van der Waals surface area contributed by atoms with Gasteiger partial charge in [-0.2, -0.15) is 0 Å². The molecule has 1 heterocycles. The number of anilines is 1. The van der Waals surface area contributed by atoms with Gasteiger partial charge in [0.25, 0.3) is 0 Å². The van der Waals surface area contributed by atoms with E-state index < -0.39 is 0 Å². The Labute approximate surface area is 124 Å². The first-order valence-corrected chi connectivity index (χ1v) is 7.09. The molecule has 1 unspecified atom stereocenters. The van der Waals surface area contributed by atoms with Crippen LogP contribution in [0.15, 0.2) is 23.2 Å². The SMILES string of the molecule is COc1ccc(NC(N)=NCC2CCCCO2)cc1Cl. The molecule has 5 nitrogen and oxygen atoms in total. The van der Waals surface area contributed by atoms with Crippen molar-refractivity contribution in [2.45, 2.75) is 25.4 Å². The molecule has 0 bridgehead atoms. The summed E-state index contributed by atoms with van der Waals surface area (Å²) in [6, 6.07) is 5.37. The summed E-state index contributed by atoms with van der Waals surface area (Å²) in [5.74, 6) is 0.990. The van der Waals surface area contributed by atoms with Gasteiger partial charge < -0.3 is 20.5 Å². The Morgan fingerprint density at radius 2 is 2.40 bits per heavy atom. The predicted octanol–water partition coefficient (Wildman–Crippen LogP) is 2.64. The van der Waals surface area contributed by atoms with Crippen molar-refractivity contribution in [3.8, 4) is 5.75 Å². The Morgan fingerprint density at radius 3 is 3.05 bits per heavy atom. The van der Waals surface area contributed by atoms with E-state index in [-0.39, 0.29) is 6.10 Å². The standard InChI is InChI=1S/C14H20ClN3O2/c1-19-13-6-5-10(8-12(13)15)18-14(16)17-9-11-4-2-3-7-20-11/h5-6,8,11H,2-4,7,9H2,1H3,(H3,16,17,18). The van der Waals surface area contributed by atoms with E-state index in [1.807, 2.05) is 6.07 Å². The molecular formula is C14H20ClN3O2. The van der Waals surface area contributed by atoms with E-state index in [4.69, 9.17) is 26.8 Å². The van der Waals surface area contributed by atoms with Crippen molar-refractivity contribution >= 4 is 23.2 Å². The fourth-order valence-electron chi connectivity index (χ4n) is 2.08. The quantitative estimate of drug-likeness (QED) is 0.662. The van der Waals surface area contributed by atoms with Crippen LogP contribution in [0.1, 0.15) is 19.3 Å². The summed E-state index contributed by atoms with van der Waals surface area (Å²) >= 11 is 6.05. The van der Waals surface area contributed by atoms with Crippen LogP contribution in [-0.2, 0) is 4.74 Å². The average Bonchev–Trinajstić information content (AvgIpc) is 2.46. The first-order chi connectivity index (χ1) is 9.69. The summed E-state index contributed by atoms with van der Waals surface area (Å²) in [6.07, 6.45) is 3.56. The minimum absolute atomic E-state index is 0.184. The summed E-state index contributed by atoms with van der Waals surface area (Å²) in [7, 11) is 1.58. The number of ether oxygens (including phenoxy) is 2. The van der Waals surface area contributed by atoms with Crippen molar-refractivity contribution in [3.05, 3.63) is 23.2 Å². The molecule has 6 heteroatoms. The molecule has 0 radical (unpaired) electrons. The smallest absolute Gasteiger partial charge is 0.193 e. The molecule has 1 aliphatic rings. The summed E-state index contributed by atoms with van der Waals surface area (Å²) in [6.45, 7) is 1.41. The van der Waals surface area contributed by atoms with Crippen LogP contribution >= 0.6 is 11.6 Å². The van der Waals surface area contributed by atoms with Gasteiger partial charge in [0.05, 0.1) is 24.8 Å². The zero-order valence-corrected chi connectivity index (χ0v) is 12.3. The highest BCUT2D eigenvalue weighted by atomic mass is 35.5. The molecule has 3 N–H and O–H groups in total. The molecule has 1 aromatic rings. The molecule has 0 spiro atoms. The van der Waals surface area contributed by atoms with Crippen LogP contribution in [0.4, 0.5) is 5.69 Å². The minimum atomic E-state index is 0.184. The van der Waals surface area contributed by atoms with Gasteiger partial charge in [-0.15, -0.1) is 0 Å². The number of methoxy groups -OCH3 is 1. The van der Waals surface area contributed by atoms with Gasteiger partial charge in [0, 0.05) is 12.3 Å². The number of halogens is 1. The first kappa shape index (κ1) is 14.9. The number of rotatable bonds is 4. The van der Waals surface area contributed by atoms with Gasteiger partial charge in [-0.05, 0) is 37.5 Å². The number of nitrogens with zero attached hydrogens (tertiary/aromatic N) is 1. The summed E-state index contributed by atoms with van der Waals surface area (Å²) < 4.78 is 10.7. The molecule has 0 aliphatic carbocycles. The zero-order chi connectivity index (χ0) is 14.4. The van der Waals surface area contributed by atoms with Crippen LogP contribution in [0.25, 0.3) is 0 Å². The lowest BCUT2D eigenvalue weighted by Gasteiger charge is -2.20. The third-order valence-corrected chi connectivity index (χ3v) is 3.46. The molecule has 1 aliphatic heterocycles. The van der Waals surface area contributed by atoms with E-state index in [0.29, 0.717) is 23.3 Å². The normalized spacial score (nSPS) is 19.7. The monoisotopic (exact) mass is 297 g/mol. The summed E-state index contributed by atoms with van der Waals surface area (Å²) in [5.41, 5.74) is 6.63. The van der Waals surface area contributed by atoms with Crippen molar-refractivity contribution in [1.29, 1.82) is 0 Å². The second kappa shape index (κ2) is 7.36. The number of nitrogens with two attached hydrogens (primary N) is 1. The molecule has 1 aromatic carbocycles. The van der Waals surface area contributed by atoms with E-state index in [1.54, 1.807) is 19.2 Å². The number of hydrogen-bond donors (Lipinski definition) is 2. The Balaban J connectivity index is 1.89. The van der Waals surface area contributed by atoms with Gasteiger partial charge in [0.15, 0.2) is 5.96 Å². The largest absolute Gasteiger partial charge is 0.495 e. The highest BCUT2D eigenvalue weighted by Gasteiger charge is 2.13. The van der Waals surface area contributed by atoms with Crippen LogP contribution in [0, 0.1) is 0 Å². The maximum atomic E-state index is 6.05. The van der Waals surface area contributed by atoms with Crippen LogP contribution < -0.4 is 15.8 Å². The van der Waals surface area contributed by atoms with Crippen LogP contribution in [0.2, 0.25) is 5.02 Å². The van der Waals surface area contributed by atoms with Crippen molar-refractivity contribution in [2.75, 3.05) is 25.6 Å². The molecule has 0 aromatic heterocycles. The maximum Gasteiger partial charge on any atom is 0.193 e. The number of benzene rings is 1. The number of guanidine groups is 1. The first-order valence-electron chi connectivity index (χ1n) is 6.71. The highest BCUT2D eigenvalue weighted by molar-refractivity contribution is 6.32. The van der Waals surface area contributed by atoms with Crippen LogP contribution in [0.3, 0.4) is 0 Å². The van der Waals surface area contributed by atoms with Gasteiger partial charge in [0.2, 0.25) is 0 Å². The number of hydrogen-bond acceptors (Lipinski definition) is 3. The van der Waals surface area contributed by atoms with E-state index >= 15 is 0 Å². The van der Waals surface area contributed by atoms with E-state index in [9.17, 15) is 0 Å². The Bertz CT molecular complexity index is 473. The lowest BCUT2D eigenvalue weighted by atomic mass is 10.1. The summed E-state index contributed by atoms with van der Waals surface area (Å²) in [5, 5.41) is 3.53. The van der Waals surface area contributed by atoms with Crippen molar-refractivity contribution in [3.63, 3.8) is 0 Å². The number of aliphatic imine (C=N–C) groups is 1. The topological polar surface area (TPSA) is 68.9 Å². The highest BCUT2D eigenvalue weighted by Crippen LogP contribution is 2.27. The molecule has 1 saturated heterocycles. The third-order valence-electron chi connectivity index (χ3n) is 3.16. The second-order valence-corrected chi connectivity index (χ2v) is 5.10. The van der Waals surface area contributed by atoms with Crippen LogP contribution in [0.5, 0.6) is 5.75 Å². The Hall–Kier alpha value is -1.46. The van der Waals surface area contributed by atoms with E-state index in [1.165, 1.54) is 6.42 Å². The van der Waals surface area contributed by atoms with Crippen molar-refractivity contribution < 1.29 is 9.47 Å². The molecule has 1 atom stereocenters. The second-order valence-electron chi connectivity index (χ2n) is 4.69. The number of nitrogens with one attached hydrogen (secondary N) is 1. The molecule has 0 saturated carbocycles. The van der Waals surface area contributed by atoms with E-state index in [0.717, 1.165) is 25.1 Å². The average molecular weight is 298 g/mol. The third kappa shape index (κ3) is 4.28. The molecular weight excluding hydrogens is 278 g/mol. The minimum Gasteiger partial charge on any atom is -0.495 e. The lowest BCUT2D eigenvalue weighted by molar-refractivity contribution is 0.0225. The van der Waals surface area contributed by atoms with Gasteiger partial charge in [-0.3, -0.25) is 4.99 Å². The Morgan fingerprint density at radius 1 is 1.55 bits per heavy atom. The Kier molecular flexibility index (Phi) is 5.49. The van der Waals surface area contributed by atoms with Gasteiger partial charge in [0.1, 0.15) is 5.75 Å². The van der Waals surface area contributed by atoms with Gasteiger partial charge in [-0.25, -0.2) is 0 Å². The molecule has 110 valence electrons.